The van der Waals surface area contributed by atoms with Crippen molar-refractivity contribution in [1.82, 2.24) is 10.2 Å². The van der Waals surface area contributed by atoms with Gasteiger partial charge in [-0.3, -0.25) is 4.79 Å². The maximum atomic E-state index is 11.1. The molecule has 0 aliphatic heterocycles. The normalized spacial score (nSPS) is 12.6. The van der Waals surface area contributed by atoms with E-state index in [0.717, 1.165) is 0 Å². The molecular weight excluding hydrogens is 244 g/mol. The molecule has 1 heterocycles. The second-order valence-electron chi connectivity index (χ2n) is 3.29. The Morgan fingerprint density at radius 2 is 2.29 bits per heavy atom. The summed E-state index contributed by atoms with van der Waals surface area (Å²) in [4.78, 5) is 11.1. The predicted molar refractivity (Wildman–Crippen MR) is 62.3 cm³/mol. The first kappa shape index (κ1) is 13.5. The summed E-state index contributed by atoms with van der Waals surface area (Å²) in [6, 6.07) is 2.90. The summed E-state index contributed by atoms with van der Waals surface area (Å²) in [5.74, 6) is 0.0613. The van der Waals surface area contributed by atoms with Gasteiger partial charge < -0.3 is 4.74 Å². The molecule has 0 fully saturated rings. The van der Waals surface area contributed by atoms with E-state index in [-0.39, 0.29) is 18.4 Å². The molecule has 0 N–H and O–H groups in total. The van der Waals surface area contributed by atoms with Gasteiger partial charge in [0.1, 0.15) is 0 Å². The molecule has 0 aromatic carbocycles. The molecule has 0 saturated carbocycles. The topological polar surface area (TPSA) is 76.8 Å². The van der Waals surface area contributed by atoms with Gasteiger partial charge in [0.2, 0.25) is 0 Å². The molecule has 1 aromatic rings. The SMILES string of the molecule is CCOC(=O)CC(C)N=Nc1ccc(Cl)nn1. The number of carbonyl (C=O) groups is 1. The van der Waals surface area contributed by atoms with Crippen molar-refractivity contribution < 1.29 is 9.53 Å². The fourth-order valence-corrected chi connectivity index (χ4v) is 1.12. The number of carbonyl (C=O) groups excluding carboxylic acids is 1. The number of rotatable bonds is 5. The van der Waals surface area contributed by atoms with Gasteiger partial charge in [0.15, 0.2) is 11.0 Å². The smallest absolute Gasteiger partial charge is 0.308 e. The molecular formula is C10H13ClN4O2. The lowest BCUT2D eigenvalue weighted by Gasteiger charge is -2.03. The van der Waals surface area contributed by atoms with Crippen LogP contribution in [0.3, 0.4) is 0 Å². The molecule has 0 radical (unpaired) electrons. The lowest BCUT2D eigenvalue weighted by molar-refractivity contribution is -0.143. The van der Waals surface area contributed by atoms with E-state index >= 15 is 0 Å². The van der Waals surface area contributed by atoms with E-state index in [1.807, 2.05) is 0 Å². The molecule has 0 aliphatic rings. The Kier molecular flexibility index (Phi) is 5.48. The number of hydrogen-bond donors (Lipinski definition) is 0. The second kappa shape index (κ2) is 6.90. The lowest BCUT2D eigenvalue weighted by Crippen LogP contribution is -2.10. The highest BCUT2D eigenvalue weighted by Gasteiger charge is 2.08. The molecule has 0 spiro atoms. The van der Waals surface area contributed by atoms with Crippen LogP contribution in [-0.4, -0.2) is 28.8 Å². The number of ether oxygens (including phenoxy) is 1. The summed E-state index contributed by atoms with van der Waals surface area (Å²) in [7, 11) is 0. The van der Waals surface area contributed by atoms with E-state index in [4.69, 9.17) is 16.3 Å². The van der Waals surface area contributed by atoms with Crippen LogP contribution in [0.15, 0.2) is 22.4 Å². The van der Waals surface area contributed by atoms with E-state index in [1.54, 1.807) is 26.0 Å². The largest absolute Gasteiger partial charge is 0.466 e. The Labute approximate surface area is 104 Å². The molecule has 1 unspecified atom stereocenters. The van der Waals surface area contributed by atoms with Crippen LogP contribution >= 0.6 is 11.6 Å². The minimum absolute atomic E-state index is 0.193. The molecule has 0 saturated heterocycles. The van der Waals surface area contributed by atoms with Crippen molar-refractivity contribution in [3.63, 3.8) is 0 Å². The monoisotopic (exact) mass is 256 g/mol. The fraction of sp³-hybridized carbons (Fsp3) is 0.500. The van der Waals surface area contributed by atoms with Gasteiger partial charge in [0, 0.05) is 0 Å². The highest BCUT2D eigenvalue weighted by molar-refractivity contribution is 6.29. The minimum atomic E-state index is -0.291. The Hall–Kier alpha value is -1.56. The van der Waals surface area contributed by atoms with E-state index in [9.17, 15) is 4.79 Å². The molecule has 1 atom stereocenters. The highest BCUT2D eigenvalue weighted by atomic mass is 35.5. The quantitative estimate of drug-likeness (QED) is 0.599. The van der Waals surface area contributed by atoms with Crippen LogP contribution in [0, 0.1) is 0 Å². The van der Waals surface area contributed by atoms with Gasteiger partial charge >= 0.3 is 5.97 Å². The molecule has 6 nitrogen and oxygen atoms in total. The zero-order valence-corrected chi connectivity index (χ0v) is 10.4. The maximum Gasteiger partial charge on any atom is 0.308 e. The van der Waals surface area contributed by atoms with Crippen molar-refractivity contribution in [2.24, 2.45) is 10.2 Å². The van der Waals surface area contributed by atoms with Gasteiger partial charge in [-0.05, 0) is 26.0 Å². The van der Waals surface area contributed by atoms with Crippen LogP contribution in [0.1, 0.15) is 20.3 Å². The van der Waals surface area contributed by atoms with Gasteiger partial charge in [-0.25, -0.2) is 0 Å². The third kappa shape index (κ3) is 5.35. The highest BCUT2D eigenvalue weighted by Crippen LogP contribution is 2.11. The van der Waals surface area contributed by atoms with Gasteiger partial charge in [-0.15, -0.1) is 15.3 Å². The first-order valence-corrected chi connectivity index (χ1v) is 5.55. The van der Waals surface area contributed by atoms with Gasteiger partial charge in [0.25, 0.3) is 0 Å². The summed E-state index contributed by atoms with van der Waals surface area (Å²) in [6.07, 6.45) is 0.193. The van der Waals surface area contributed by atoms with Crippen molar-refractivity contribution >= 4 is 23.4 Å². The number of halogens is 1. The average Bonchev–Trinajstić information content (AvgIpc) is 2.28. The fourth-order valence-electron chi connectivity index (χ4n) is 1.02. The van der Waals surface area contributed by atoms with Crippen molar-refractivity contribution in [3.8, 4) is 0 Å². The van der Waals surface area contributed by atoms with Crippen LogP contribution < -0.4 is 0 Å². The Morgan fingerprint density at radius 3 is 2.88 bits per heavy atom. The van der Waals surface area contributed by atoms with Gasteiger partial charge in [0.05, 0.1) is 19.1 Å². The molecule has 0 aliphatic carbocycles. The van der Waals surface area contributed by atoms with Gasteiger partial charge in [-0.1, -0.05) is 11.6 Å². The molecule has 1 aromatic heterocycles. The van der Waals surface area contributed by atoms with Crippen LogP contribution in [-0.2, 0) is 9.53 Å². The molecule has 92 valence electrons. The second-order valence-corrected chi connectivity index (χ2v) is 3.68. The Balaban J connectivity index is 2.47. The average molecular weight is 257 g/mol. The van der Waals surface area contributed by atoms with Crippen LogP contribution in [0.4, 0.5) is 5.82 Å². The summed E-state index contributed by atoms with van der Waals surface area (Å²) < 4.78 is 4.79. The van der Waals surface area contributed by atoms with Crippen molar-refractivity contribution in [2.45, 2.75) is 26.3 Å². The summed E-state index contributed by atoms with van der Waals surface area (Å²) in [5, 5.41) is 15.4. The van der Waals surface area contributed by atoms with Crippen LogP contribution in [0.25, 0.3) is 0 Å². The van der Waals surface area contributed by atoms with Crippen LogP contribution in [0.5, 0.6) is 0 Å². The van der Waals surface area contributed by atoms with Crippen molar-refractivity contribution in [2.75, 3.05) is 6.61 Å². The first-order valence-electron chi connectivity index (χ1n) is 5.17. The zero-order chi connectivity index (χ0) is 12.7. The van der Waals surface area contributed by atoms with Crippen molar-refractivity contribution in [3.05, 3.63) is 17.3 Å². The predicted octanol–water partition coefficient (Wildman–Crippen LogP) is 2.56. The number of nitrogens with zero attached hydrogens (tertiary/aromatic N) is 4. The third-order valence-electron chi connectivity index (χ3n) is 1.74. The van der Waals surface area contributed by atoms with Crippen molar-refractivity contribution in [1.29, 1.82) is 0 Å². The van der Waals surface area contributed by atoms with E-state index in [0.29, 0.717) is 17.6 Å². The first-order chi connectivity index (χ1) is 8.11. The number of esters is 1. The summed E-state index contributed by atoms with van der Waals surface area (Å²) in [6.45, 7) is 3.89. The summed E-state index contributed by atoms with van der Waals surface area (Å²) in [5.41, 5.74) is 0. The number of aromatic nitrogens is 2. The number of hydrogen-bond acceptors (Lipinski definition) is 6. The van der Waals surface area contributed by atoms with E-state index in [2.05, 4.69) is 20.4 Å². The minimum Gasteiger partial charge on any atom is -0.466 e. The molecule has 0 amide bonds. The molecule has 1 rings (SSSR count). The standard InChI is InChI=1S/C10H13ClN4O2/c1-3-17-10(16)6-7(2)12-14-9-5-4-8(11)13-15-9/h4-5,7H,3,6H2,1-2H3. The molecule has 0 bridgehead atoms. The van der Waals surface area contributed by atoms with E-state index in [1.165, 1.54) is 0 Å². The van der Waals surface area contributed by atoms with Gasteiger partial charge in [-0.2, -0.15) is 5.11 Å². The Bertz CT molecular complexity index is 394. The maximum absolute atomic E-state index is 11.1. The Morgan fingerprint density at radius 1 is 1.53 bits per heavy atom. The summed E-state index contributed by atoms with van der Waals surface area (Å²) >= 11 is 5.57. The third-order valence-corrected chi connectivity index (χ3v) is 1.94. The van der Waals surface area contributed by atoms with Crippen LogP contribution in [0.2, 0.25) is 5.15 Å². The number of azo groups is 1. The van der Waals surface area contributed by atoms with E-state index < -0.39 is 0 Å². The molecule has 17 heavy (non-hydrogen) atoms. The molecule has 7 heteroatoms. The lowest BCUT2D eigenvalue weighted by atomic mass is 10.2. The zero-order valence-electron chi connectivity index (χ0n) is 9.63.